The maximum atomic E-state index is 9.81. The van der Waals surface area contributed by atoms with Gasteiger partial charge in [-0.2, -0.15) is 0 Å². The minimum atomic E-state index is 0.319. The summed E-state index contributed by atoms with van der Waals surface area (Å²) in [5, 5.41) is 15.3. The molecule has 0 saturated carbocycles. The van der Waals surface area contributed by atoms with E-state index in [1.807, 2.05) is 30.3 Å². The summed E-state index contributed by atoms with van der Waals surface area (Å²) in [5.41, 5.74) is 3.76. The van der Waals surface area contributed by atoms with Crippen LogP contribution in [-0.4, -0.2) is 11.7 Å². The Bertz CT molecular complexity index is 951. The molecule has 122 valence electrons. The third-order valence-corrected chi connectivity index (χ3v) is 5.01. The molecule has 0 aliphatic rings. The fourth-order valence-corrected chi connectivity index (χ4v) is 3.64. The third-order valence-electron chi connectivity index (χ3n) is 4.22. The lowest BCUT2D eigenvalue weighted by Gasteiger charge is -2.09. The van der Waals surface area contributed by atoms with Crippen molar-refractivity contribution in [3.8, 4) is 5.75 Å². The highest BCUT2D eigenvalue weighted by molar-refractivity contribution is 9.10. The molecule has 4 aromatic rings. The van der Waals surface area contributed by atoms with Crippen LogP contribution < -0.4 is 5.32 Å². The molecule has 0 aliphatic heterocycles. The van der Waals surface area contributed by atoms with Gasteiger partial charge in [-0.3, -0.25) is 0 Å². The molecular weight excluding hydrogens is 370 g/mol. The normalized spacial score (nSPS) is 11.5. The summed E-state index contributed by atoms with van der Waals surface area (Å²) in [7, 11) is 0. The Hall–Kier alpha value is -2.24. The standard InChI is InChI=1S/C19H16BrNO3/c20-17-15-7-10-23-18(15)13(14-6-9-24-19(14)17)5-8-21-11-12-3-1-2-4-16(12)22/h1-4,6-7,9-10,21-22H,5,8,11H2. The molecule has 0 radical (unpaired) electrons. The van der Waals surface area contributed by atoms with Gasteiger partial charge in [0.25, 0.3) is 0 Å². The van der Waals surface area contributed by atoms with Crippen LogP contribution in [0.4, 0.5) is 0 Å². The number of hydrogen-bond donors (Lipinski definition) is 2. The number of phenols is 1. The van der Waals surface area contributed by atoms with Crippen molar-refractivity contribution in [1.82, 2.24) is 5.32 Å². The zero-order valence-electron chi connectivity index (χ0n) is 12.9. The number of benzene rings is 2. The fourth-order valence-electron chi connectivity index (χ4n) is 3.02. The summed E-state index contributed by atoms with van der Waals surface area (Å²) in [4.78, 5) is 0. The predicted molar refractivity (Wildman–Crippen MR) is 97.2 cm³/mol. The number of phenolic OH excluding ortho intramolecular Hbond substituents is 1. The van der Waals surface area contributed by atoms with Crippen LogP contribution in [0.3, 0.4) is 0 Å². The Kier molecular flexibility index (Phi) is 4.04. The van der Waals surface area contributed by atoms with Gasteiger partial charge >= 0.3 is 0 Å². The minimum Gasteiger partial charge on any atom is -0.508 e. The van der Waals surface area contributed by atoms with Crippen LogP contribution >= 0.6 is 15.9 Å². The summed E-state index contributed by atoms with van der Waals surface area (Å²) in [5.74, 6) is 0.319. The Morgan fingerprint density at radius 2 is 1.71 bits per heavy atom. The first-order chi connectivity index (χ1) is 11.8. The maximum absolute atomic E-state index is 9.81. The van der Waals surface area contributed by atoms with E-state index >= 15 is 0 Å². The molecule has 0 unspecified atom stereocenters. The number of aromatic hydroxyl groups is 1. The number of para-hydroxylation sites is 1. The largest absolute Gasteiger partial charge is 0.508 e. The third kappa shape index (κ3) is 2.60. The Labute approximate surface area is 147 Å². The van der Waals surface area contributed by atoms with E-state index in [4.69, 9.17) is 8.83 Å². The van der Waals surface area contributed by atoms with Crippen LogP contribution in [-0.2, 0) is 13.0 Å². The molecule has 5 heteroatoms. The smallest absolute Gasteiger partial charge is 0.149 e. The first-order valence-corrected chi connectivity index (χ1v) is 8.57. The van der Waals surface area contributed by atoms with Gasteiger partial charge in [0.1, 0.15) is 16.9 Å². The van der Waals surface area contributed by atoms with E-state index in [0.29, 0.717) is 12.3 Å². The Morgan fingerprint density at radius 3 is 2.54 bits per heavy atom. The second-order valence-corrected chi connectivity index (χ2v) is 6.47. The van der Waals surface area contributed by atoms with Gasteiger partial charge in [-0.05, 0) is 47.1 Å². The van der Waals surface area contributed by atoms with Gasteiger partial charge in [-0.15, -0.1) is 0 Å². The first kappa shape index (κ1) is 15.3. The molecule has 4 nitrogen and oxygen atoms in total. The molecule has 0 fully saturated rings. The molecule has 0 spiro atoms. The monoisotopic (exact) mass is 385 g/mol. The van der Waals surface area contributed by atoms with Crippen molar-refractivity contribution in [2.45, 2.75) is 13.0 Å². The minimum absolute atomic E-state index is 0.319. The number of fused-ring (bicyclic) bond motifs is 2. The van der Waals surface area contributed by atoms with Crippen molar-refractivity contribution in [3.63, 3.8) is 0 Å². The van der Waals surface area contributed by atoms with Gasteiger partial charge in [0.15, 0.2) is 0 Å². The first-order valence-electron chi connectivity index (χ1n) is 7.78. The van der Waals surface area contributed by atoms with Crippen molar-refractivity contribution in [2.24, 2.45) is 0 Å². The Balaban J connectivity index is 1.56. The van der Waals surface area contributed by atoms with E-state index < -0.39 is 0 Å². The molecule has 4 rings (SSSR count). The molecule has 0 atom stereocenters. The van der Waals surface area contributed by atoms with Gasteiger partial charge in [0.05, 0.1) is 17.0 Å². The molecule has 24 heavy (non-hydrogen) atoms. The van der Waals surface area contributed by atoms with Crippen LogP contribution in [0.25, 0.3) is 21.9 Å². The molecule has 2 N–H and O–H groups in total. The molecule has 2 aromatic carbocycles. The van der Waals surface area contributed by atoms with Crippen LogP contribution in [0.1, 0.15) is 11.1 Å². The summed E-state index contributed by atoms with van der Waals surface area (Å²) in [6.45, 7) is 1.39. The summed E-state index contributed by atoms with van der Waals surface area (Å²) in [6.07, 6.45) is 4.21. The van der Waals surface area contributed by atoms with E-state index in [-0.39, 0.29) is 0 Å². The lowest BCUT2D eigenvalue weighted by atomic mass is 10.0. The van der Waals surface area contributed by atoms with Crippen molar-refractivity contribution >= 4 is 37.9 Å². The topological polar surface area (TPSA) is 58.5 Å². The summed E-state index contributed by atoms with van der Waals surface area (Å²) >= 11 is 3.60. The van der Waals surface area contributed by atoms with Crippen molar-refractivity contribution in [3.05, 3.63) is 64.5 Å². The van der Waals surface area contributed by atoms with E-state index in [9.17, 15) is 5.11 Å². The van der Waals surface area contributed by atoms with Gasteiger partial charge < -0.3 is 19.3 Å². The van der Waals surface area contributed by atoms with Crippen LogP contribution in [0.2, 0.25) is 0 Å². The molecule has 2 heterocycles. The van der Waals surface area contributed by atoms with Crippen molar-refractivity contribution < 1.29 is 13.9 Å². The molecule has 0 bridgehead atoms. The second-order valence-electron chi connectivity index (χ2n) is 5.67. The Morgan fingerprint density at radius 1 is 0.958 bits per heavy atom. The van der Waals surface area contributed by atoms with Crippen LogP contribution in [0.15, 0.2) is 62.2 Å². The molecule has 2 aromatic heterocycles. The number of furan rings is 2. The lowest BCUT2D eigenvalue weighted by molar-refractivity contribution is 0.464. The average molecular weight is 386 g/mol. The molecule has 0 aliphatic carbocycles. The van der Waals surface area contributed by atoms with E-state index in [0.717, 1.165) is 50.5 Å². The van der Waals surface area contributed by atoms with Crippen LogP contribution in [0, 0.1) is 0 Å². The highest BCUT2D eigenvalue weighted by atomic mass is 79.9. The van der Waals surface area contributed by atoms with Gasteiger partial charge in [-0.1, -0.05) is 18.2 Å². The summed E-state index contributed by atoms with van der Waals surface area (Å²) in [6, 6.07) is 11.3. The number of nitrogens with one attached hydrogen (secondary N) is 1. The average Bonchev–Trinajstić information content (AvgIpc) is 3.25. The van der Waals surface area contributed by atoms with Crippen molar-refractivity contribution in [1.29, 1.82) is 0 Å². The van der Waals surface area contributed by atoms with E-state index in [2.05, 4.69) is 21.2 Å². The second kappa shape index (κ2) is 6.34. The SMILES string of the molecule is Oc1ccccc1CNCCc1c2ccoc2c(Br)c2ccoc12. The lowest BCUT2D eigenvalue weighted by Crippen LogP contribution is -2.16. The highest BCUT2D eigenvalue weighted by Gasteiger charge is 2.16. The van der Waals surface area contributed by atoms with Crippen LogP contribution in [0.5, 0.6) is 5.75 Å². The quantitative estimate of drug-likeness (QED) is 0.475. The molecule has 0 saturated heterocycles. The number of hydrogen-bond acceptors (Lipinski definition) is 4. The van der Waals surface area contributed by atoms with Gasteiger partial charge in [-0.25, -0.2) is 0 Å². The predicted octanol–water partition coefficient (Wildman–Crippen LogP) is 4.98. The number of halogens is 1. The molecule has 0 amide bonds. The summed E-state index contributed by atoms with van der Waals surface area (Å²) < 4.78 is 12.2. The van der Waals surface area contributed by atoms with Crippen molar-refractivity contribution in [2.75, 3.05) is 6.54 Å². The van der Waals surface area contributed by atoms with Gasteiger partial charge in [0.2, 0.25) is 0 Å². The van der Waals surface area contributed by atoms with Gasteiger partial charge in [0, 0.05) is 28.4 Å². The zero-order valence-corrected chi connectivity index (χ0v) is 14.5. The zero-order chi connectivity index (χ0) is 16.5. The number of rotatable bonds is 5. The molecular formula is C19H16BrNO3. The van der Waals surface area contributed by atoms with E-state index in [1.54, 1.807) is 18.6 Å². The maximum Gasteiger partial charge on any atom is 0.149 e. The highest BCUT2D eigenvalue weighted by Crippen LogP contribution is 2.37. The fraction of sp³-hybridized carbons (Fsp3) is 0.158. The van der Waals surface area contributed by atoms with E-state index in [1.165, 1.54) is 0 Å².